The molecule has 0 unspecified atom stereocenters. The molecule has 2 heterocycles. The molecule has 0 aliphatic carbocycles. The summed E-state index contributed by atoms with van der Waals surface area (Å²) in [6.07, 6.45) is 4.09. The summed E-state index contributed by atoms with van der Waals surface area (Å²) in [5, 5.41) is 10.9. The van der Waals surface area contributed by atoms with Gasteiger partial charge in [-0.2, -0.15) is 5.10 Å². The van der Waals surface area contributed by atoms with E-state index in [1.165, 1.54) is 0 Å². The number of aryl methyl sites for hydroxylation is 1. The van der Waals surface area contributed by atoms with Crippen molar-refractivity contribution in [1.82, 2.24) is 20.1 Å². The molecule has 0 aliphatic heterocycles. The average Bonchev–Trinajstić information content (AvgIpc) is 2.98. The van der Waals surface area contributed by atoms with Crippen molar-refractivity contribution in [3.05, 3.63) is 23.3 Å². The largest absolute Gasteiger partial charge is 0.311 e. The molecule has 0 atom stereocenters. The third kappa shape index (κ3) is 3.17. The second-order valence-electron chi connectivity index (χ2n) is 4.26. The predicted octanol–water partition coefficient (Wildman–Crippen LogP) is 2.92. The van der Waals surface area contributed by atoms with E-state index in [-0.39, 0.29) is 0 Å². The van der Waals surface area contributed by atoms with Gasteiger partial charge in [-0.3, -0.25) is 4.68 Å². The topological polar surface area (TPSA) is 42.7 Å². The first kappa shape index (κ1) is 13.2. The highest BCUT2D eigenvalue weighted by atomic mass is 32.1. The average molecular weight is 264 g/mol. The number of nitrogens with zero attached hydrogens (tertiary/aromatic N) is 3. The molecule has 0 amide bonds. The van der Waals surface area contributed by atoms with Crippen LogP contribution < -0.4 is 5.32 Å². The number of thiazole rings is 1. The summed E-state index contributed by atoms with van der Waals surface area (Å²) in [4.78, 5) is 4.66. The monoisotopic (exact) mass is 264 g/mol. The Bertz CT molecular complexity index is 475. The maximum Gasteiger partial charge on any atom is 0.141 e. The zero-order valence-electron chi connectivity index (χ0n) is 11.0. The van der Waals surface area contributed by atoms with Gasteiger partial charge in [-0.25, -0.2) is 4.98 Å². The van der Waals surface area contributed by atoms with Crippen LogP contribution in [0.4, 0.5) is 0 Å². The van der Waals surface area contributed by atoms with Gasteiger partial charge < -0.3 is 5.32 Å². The fraction of sp³-hybridized carbons (Fsp3) is 0.538. The summed E-state index contributed by atoms with van der Waals surface area (Å²) < 4.78 is 2.03. The summed E-state index contributed by atoms with van der Waals surface area (Å²) in [6.45, 7) is 7.18. The minimum Gasteiger partial charge on any atom is -0.311 e. The van der Waals surface area contributed by atoms with E-state index in [2.05, 4.69) is 34.6 Å². The lowest BCUT2D eigenvalue weighted by Crippen LogP contribution is -2.13. The summed E-state index contributed by atoms with van der Waals surface area (Å²) in [5.74, 6) is 0. The molecule has 0 spiro atoms. The van der Waals surface area contributed by atoms with Crippen molar-refractivity contribution in [3.8, 4) is 10.7 Å². The highest BCUT2D eigenvalue weighted by Gasteiger charge is 2.09. The van der Waals surface area contributed by atoms with Gasteiger partial charge in [0.2, 0.25) is 0 Å². The fourth-order valence-corrected chi connectivity index (χ4v) is 2.65. The van der Waals surface area contributed by atoms with Gasteiger partial charge in [0, 0.05) is 24.7 Å². The van der Waals surface area contributed by atoms with Gasteiger partial charge in [-0.05, 0) is 25.5 Å². The SMILES string of the molecule is CCCNCc1csc(-c2ccnn2CCC)n1. The zero-order valence-corrected chi connectivity index (χ0v) is 11.8. The van der Waals surface area contributed by atoms with Gasteiger partial charge in [0.15, 0.2) is 0 Å². The Morgan fingerprint density at radius 3 is 3.00 bits per heavy atom. The van der Waals surface area contributed by atoms with Crippen LogP contribution in [0.15, 0.2) is 17.6 Å². The molecule has 0 aliphatic rings. The molecule has 4 nitrogen and oxygen atoms in total. The van der Waals surface area contributed by atoms with Crippen LogP contribution in [0.25, 0.3) is 10.7 Å². The van der Waals surface area contributed by atoms with Gasteiger partial charge in [0.25, 0.3) is 0 Å². The summed E-state index contributed by atoms with van der Waals surface area (Å²) in [7, 11) is 0. The van der Waals surface area contributed by atoms with Crippen LogP contribution in [-0.4, -0.2) is 21.3 Å². The molecule has 5 heteroatoms. The number of hydrogen-bond acceptors (Lipinski definition) is 4. The molecule has 2 aromatic heterocycles. The van der Waals surface area contributed by atoms with Gasteiger partial charge in [0.05, 0.1) is 11.4 Å². The lowest BCUT2D eigenvalue weighted by Gasteiger charge is -2.02. The molecule has 2 aromatic rings. The minimum absolute atomic E-state index is 0.853. The lowest BCUT2D eigenvalue weighted by atomic mass is 10.4. The third-order valence-corrected chi connectivity index (χ3v) is 3.57. The van der Waals surface area contributed by atoms with Crippen LogP contribution in [0.3, 0.4) is 0 Å². The van der Waals surface area contributed by atoms with Crippen LogP contribution in [0.1, 0.15) is 32.4 Å². The third-order valence-electron chi connectivity index (χ3n) is 2.66. The van der Waals surface area contributed by atoms with E-state index >= 15 is 0 Å². The smallest absolute Gasteiger partial charge is 0.141 e. The minimum atomic E-state index is 0.853. The molecule has 0 aromatic carbocycles. The van der Waals surface area contributed by atoms with E-state index in [9.17, 15) is 0 Å². The molecule has 98 valence electrons. The molecule has 1 N–H and O–H groups in total. The van der Waals surface area contributed by atoms with Crippen LogP contribution in [0, 0.1) is 0 Å². The summed E-state index contributed by atoms with van der Waals surface area (Å²) in [5.41, 5.74) is 2.25. The second-order valence-corrected chi connectivity index (χ2v) is 5.12. The highest BCUT2D eigenvalue weighted by molar-refractivity contribution is 7.13. The number of nitrogens with one attached hydrogen (secondary N) is 1. The van der Waals surface area contributed by atoms with Crippen molar-refractivity contribution in [1.29, 1.82) is 0 Å². The number of rotatable bonds is 7. The predicted molar refractivity (Wildman–Crippen MR) is 75.6 cm³/mol. The molecule has 18 heavy (non-hydrogen) atoms. The molecule has 2 rings (SSSR count). The molecule has 0 saturated heterocycles. The summed E-state index contributed by atoms with van der Waals surface area (Å²) >= 11 is 1.69. The molecule has 0 saturated carbocycles. The van der Waals surface area contributed by atoms with Crippen LogP contribution in [0.2, 0.25) is 0 Å². The van der Waals surface area contributed by atoms with E-state index in [1.54, 1.807) is 11.3 Å². The molecule has 0 bridgehead atoms. The second kappa shape index (κ2) is 6.66. The zero-order chi connectivity index (χ0) is 12.8. The first-order valence-electron chi connectivity index (χ1n) is 6.52. The lowest BCUT2D eigenvalue weighted by molar-refractivity contribution is 0.608. The molecular formula is C13H20N4S. The summed E-state index contributed by atoms with van der Waals surface area (Å²) in [6, 6.07) is 2.04. The van der Waals surface area contributed by atoms with Gasteiger partial charge in [0.1, 0.15) is 5.01 Å². The van der Waals surface area contributed by atoms with Crippen LogP contribution in [0.5, 0.6) is 0 Å². The standard InChI is InChI=1S/C13H20N4S/c1-3-6-14-9-11-10-18-13(16-11)12-5-7-15-17(12)8-4-2/h5,7,10,14H,3-4,6,8-9H2,1-2H3. The molecule has 0 fully saturated rings. The Morgan fingerprint density at radius 1 is 1.33 bits per heavy atom. The first-order valence-corrected chi connectivity index (χ1v) is 7.40. The van der Waals surface area contributed by atoms with Crippen molar-refractivity contribution < 1.29 is 0 Å². The van der Waals surface area contributed by atoms with Gasteiger partial charge in [-0.1, -0.05) is 13.8 Å². The van der Waals surface area contributed by atoms with Crippen molar-refractivity contribution in [2.75, 3.05) is 6.54 Å². The quantitative estimate of drug-likeness (QED) is 0.782. The van der Waals surface area contributed by atoms with E-state index < -0.39 is 0 Å². The van der Waals surface area contributed by atoms with E-state index in [4.69, 9.17) is 0 Å². The Hall–Kier alpha value is -1.20. The maximum absolute atomic E-state index is 4.66. The van der Waals surface area contributed by atoms with Crippen molar-refractivity contribution in [3.63, 3.8) is 0 Å². The van der Waals surface area contributed by atoms with E-state index in [1.807, 2.05) is 16.9 Å². The van der Waals surface area contributed by atoms with Crippen LogP contribution >= 0.6 is 11.3 Å². The normalized spacial score (nSPS) is 11.0. The Labute approximate surface area is 112 Å². The van der Waals surface area contributed by atoms with Crippen LogP contribution in [-0.2, 0) is 13.1 Å². The maximum atomic E-state index is 4.66. The molecular weight excluding hydrogens is 244 g/mol. The van der Waals surface area contributed by atoms with Crippen molar-refractivity contribution in [2.24, 2.45) is 0 Å². The fourth-order valence-electron chi connectivity index (χ4n) is 1.80. The number of aromatic nitrogens is 3. The van der Waals surface area contributed by atoms with Crippen molar-refractivity contribution in [2.45, 2.75) is 39.8 Å². The Balaban J connectivity index is 2.06. The molecule has 0 radical (unpaired) electrons. The highest BCUT2D eigenvalue weighted by Crippen LogP contribution is 2.23. The van der Waals surface area contributed by atoms with E-state index in [0.717, 1.165) is 48.9 Å². The Morgan fingerprint density at radius 2 is 2.22 bits per heavy atom. The van der Waals surface area contributed by atoms with E-state index in [0.29, 0.717) is 0 Å². The van der Waals surface area contributed by atoms with Gasteiger partial charge >= 0.3 is 0 Å². The van der Waals surface area contributed by atoms with Gasteiger partial charge in [-0.15, -0.1) is 11.3 Å². The number of hydrogen-bond donors (Lipinski definition) is 1. The first-order chi connectivity index (χ1) is 8.85. The van der Waals surface area contributed by atoms with Crippen molar-refractivity contribution >= 4 is 11.3 Å². The Kier molecular flexibility index (Phi) is 4.90.